The summed E-state index contributed by atoms with van der Waals surface area (Å²) in [4.78, 5) is 37.8. The Kier molecular flexibility index (Phi) is 5.84. The van der Waals surface area contributed by atoms with Crippen LogP contribution in [-0.2, 0) is 9.59 Å². The maximum absolute atomic E-state index is 13.2. The fourth-order valence-corrected chi connectivity index (χ4v) is 4.12. The van der Waals surface area contributed by atoms with Crippen LogP contribution in [0.15, 0.2) is 60.2 Å². The first kappa shape index (κ1) is 22.4. The van der Waals surface area contributed by atoms with Gasteiger partial charge in [-0.2, -0.15) is 0 Å². The van der Waals surface area contributed by atoms with Gasteiger partial charge in [0, 0.05) is 28.5 Å². The molecule has 1 fully saturated rings. The van der Waals surface area contributed by atoms with E-state index >= 15 is 0 Å². The first-order valence-corrected chi connectivity index (χ1v) is 10.6. The van der Waals surface area contributed by atoms with E-state index in [9.17, 15) is 19.7 Å². The third kappa shape index (κ3) is 4.15. The molecule has 3 aromatic rings. The number of benzene rings is 2. The quantitative estimate of drug-likeness (QED) is 0.195. The third-order valence-electron chi connectivity index (χ3n) is 5.26. The number of carbonyl (C=O) groups excluding carboxylic acids is 2. The van der Waals surface area contributed by atoms with E-state index in [4.69, 9.17) is 23.8 Å². The van der Waals surface area contributed by atoms with Crippen LogP contribution < -0.4 is 10.2 Å². The number of aromatic nitrogens is 1. The summed E-state index contributed by atoms with van der Waals surface area (Å²) in [6, 6.07) is 14.6. The van der Waals surface area contributed by atoms with Crippen LogP contribution in [0.4, 0.5) is 11.4 Å². The highest BCUT2D eigenvalue weighted by atomic mass is 35.5. The molecule has 10 heteroatoms. The number of halogens is 1. The largest absolute Gasteiger partial charge is 0.318 e. The van der Waals surface area contributed by atoms with Gasteiger partial charge in [0.2, 0.25) is 0 Å². The summed E-state index contributed by atoms with van der Waals surface area (Å²) in [6.45, 7) is 3.65. The van der Waals surface area contributed by atoms with Crippen LogP contribution in [0, 0.1) is 24.0 Å². The van der Waals surface area contributed by atoms with E-state index in [2.05, 4.69) is 5.32 Å². The van der Waals surface area contributed by atoms with E-state index in [0.717, 1.165) is 5.69 Å². The lowest BCUT2D eigenvalue weighted by Crippen LogP contribution is -2.54. The van der Waals surface area contributed by atoms with Gasteiger partial charge in [-0.25, -0.2) is 0 Å². The summed E-state index contributed by atoms with van der Waals surface area (Å²) in [5, 5.41) is 14.2. The molecule has 166 valence electrons. The van der Waals surface area contributed by atoms with Crippen LogP contribution in [0.1, 0.15) is 17.0 Å². The Bertz CT molecular complexity index is 1360. The number of amides is 2. The summed E-state index contributed by atoms with van der Waals surface area (Å²) in [5.41, 5.74) is 3.09. The molecule has 0 unspecified atom stereocenters. The van der Waals surface area contributed by atoms with Crippen molar-refractivity contribution in [2.45, 2.75) is 13.8 Å². The Hall–Kier alpha value is -3.82. The third-order valence-corrected chi connectivity index (χ3v) is 5.79. The average molecular weight is 481 g/mol. The zero-order chi connectivity index (χ0) is 23.9. The second kappa shape index (κ2) is 8.61. The lowest BCUT2D eigenvalue weighted by atomic mass is 10.1. The molecule has 1 saturated heterocycles. The second-order valence-electron chi connectivity index (χ2n) is 7.37. The van der Waals surface area contributed by atoms with Crippen LogP contribution in [0.2, 0.25) is 5.02 Å². The maximum atomic E-state index is 13.2. The number of non-ortho nitro benzene ring substituents is 1. The standard InChI is InChI=1S/C23H17ClN4O4S/c1-13-10-15(14(2)26(13)18-4-3-5-19(12-18)28(31)32)11-20-21(29)25-23(33)27(22(20)30)17-8-6-16(24)7-9-17/h3-12H,1-2H3,(H,25,29,33)/b20-11-. The molecule has 4 rings (SSSR count). The van der Waals surface area contributed by atoms with Crippen molar-refractivity contribution in [3.8, 4) is 5.69 Å². The summed E-state index contributed by atoms with van der Waals surface area (Å²) < 4.78 is 1.83. The molecule has 1 aliphatic rings. The van der Waals surface area contributed by atoms with Crippen LogP contribution in [0.25, 0.3) is 11.8 Å². The van der Waals surface area contributed by atoms with Gasteiger partial charge in [0.25, 0.3) is 17.5 Å². The van der Waals surface area contributed by atoms with Crippen molar-refractivity contribution in [2.24, 2.45) is 0 Å². The van der Waals surface area contributed by atoms with Crippen LogP contribution in [-0.4, -0.2) is 26.4 Å². The minimum atomic E-state index is -0.602. The fourth-order valence-electron chi connectivity index (χ4n) is 3.71. The molecular formula is C23H17ClN4O4S. The summed E-state index contributed by atoms with van der Waals surface area (Å²) >= 11 is 11.2. The predicted octanol–water partition coefficient (Wildman–Crippen LogP) is 4.49. The molecule has 1 N–H and O–H groups in total. The highest BCUT2D eigenvalue weighted by molar-refractivity contribution is 7.80. The van der Waals surface area contributed by atoms with Crippen molar-refractivity contribution in [3.63, 3.8) is 0 Å². The van der Waals surface area contributed by atoms with Crippen molar-refractivity contribution in [1.29, 1.82) is 0 Å². The first-order chi connectivity index (χ1) is 15.7. The number of hydrogen-bond acceptors (Lipinski definition) is 5. The summed E-state index contributed by atoms with van der Waals surface area (Å²) in [7, 11) is 0. The Balaban J connectivity index is 1.76. The lowest BCUT2D eigenvalue weighted by molar-refractivity contribution is -0.384. The van der Waals surface area contributed by atoms with Crippen molar-refractivity contribution in [3.05, 3.63) is 92.3 Å². The van der Waals surface area contributed by atoms with Gasteiger partial charge in [0.05, 0.1) is 16.3 Å². The second-order valence-corrected chi connectivity index (χ2v) is 8.20. The molecule has 2 amide bonds. The topological polar surface area (TPSA) is 97.5 Å². The molecule has 0 spiro atoms. The molecule has 0 radical (unpaired) electrons. The number of rotatable bonds is 4. The molecule has 2 aromatic carbocycles. The molecule has 1 aromatic heterocycles. The number of carbonyl (C=O) groups is 2. The Morgan fingerprint density at radius 2 is 1.76 bits per heavy atom. The normalized spacial score (nSPS) is 15.2. The van der Waals surface area contributed by atoms with Gasteiger partial charge in [-0.05, 0) is 74.1 Å². The Labute approximate surface area is 199 Å². The molecule has 33 heavy (non-hydrogen) atoms. The smallest absolute Gasteiger partial charge is 0.271 e. The monoisotopic (exact) mass is 480 g/mol. The molecular weight excluding hydrogens is 464 g/mol. The number of thiocarbonyl (C=S) groups is 1. The maximum Gasteiger partial charge on any atom is 0.271 e. The van der Waals surface area contributed by atoms with Crippen LogP contribution in [0.3, 0.4) is 0 Å². The molecule has 2 heterocycles. The van der Waals surface area contributed by atoms with Gasteiger partial charge >= 0.3 is 0 Å². The Morgan fingerprint density at radius 1 is 1.06 bits per heavy atom. The number of nitrogens with zero attached hydrogens (tertiary/aromatic N) is 3. The number of aryl methyl sites for hydroxylation is 1. The van der Waals surface area contributed by atoms with Crippen molar-refractivity contribution in [2.75, 3.05) is 4.90 Å². The van der Waals surface area contributed by atoms with Crippen molar-refractivity contribution < 1.29 is 14.5 Å². The zero-order valence-electron chi connectivity index (χ0n) is 17.5. The lowest BCUT2D eigenvalue weighted by Gasteiger charge is -2.28. The van der Waals surface area contributed by atoms with Gasteiger partial charge in [0.15, 0.2) is 5.11 Å². The number of anilines is 1. The fraction of sp³-hybridized carbons (Fsp3) is 0.0870. The van der Waals surface area contributed by atoms with Gasteiger partial charge in [0.1, 0.15) is 5.57 Å². The number of nitro groups is 1. The highest BCUT2D eigenvalue weighted by Gasteiger charge is 2.34. The molecule has 0 aliphatic carbocycles. The minimum Gasteiger partial charge on any atom is -0.318 e. The van der Waals surface area contributed by atoms with E-state index in [1.54, 1.807) is 42.5 Å². The molecule has 0 atom stereocenters. The van der Waals surface area contributed by atoms with E-state index < -0.39 is 16.7 Å². The number of nitro benzene ring substituents is 1. The summed E-state index contributed by atoms with van der Waals surface area (Å²) in [6.07, 6.45) is 1.50. The molecule has 8 nitrogen and oxygen atoms in total. The molecule has 0 bridgehead atoms. The van der Waals surface area contributed by atoms with E-state index in [0.29, 0.717) is 27.7 Å². The Morgan fingerprint density at radius 3 is 2.42 bits per heavy atom. The summed E-state index contributed by atoms with van der Waals surface area (Å²) in [5.74, 6) is -1.17. The van der Waals surface area contributed by atoms with Gasteiger partial charge < -0.3 is 4.57 Å². The number of nitrogens with one attached hydrogen (secondary N) is 1. The van der Waals surface area contributed by atoms with Gasteiger partial charge in [-0.3, -0.25) is 29.9 Å². The minimum absolute atomic E-state index is 0.0217. The highest BCUT2D eigenvalue weighted by Crippen LogP contribution is 2.27. The zero-order valence-corrected chi connectivity index (χ0v) is 19.1. The van der Waals surface area contributed by atoms with Gasteiger partial charge in [-0.1, -0.05) is 17.7 Å². The van der Waals surface area contributed by atoms with E-state index in [1.165, 1.54) is 23.1 Å². The van der Waals surface area contributed by atoms with Crippen LogP contribution >= 0.6 is 23.8 Å². The SMILES string of the molecule is Cc1cc(/C=C2/C(=O)NC(=S)N(c3ccc(Cl)cc3)C2=O)c(C)n1-c1cccc([N+](=O)[O-])c1. The van der Waals surface area contributed by atoms with Crippen LogP contribution in [0.5, 0.6) is 0 Å². The van der Waals surface area contributed by atoms with Crippen molar-refractivity contribution in [1.82, 2.24) is 9.88 Å². The van der Waals surface area contributed by atoms with Gasteiger partial charge in [-0.15, -0.1) is 0 Å². The van der Waals surface area contributed by atoms with E-state index in [1.807, 2.05) is 18.4 Å². The number of hydrogen-bond donors (Lipinski definition) is 1. The molecule has 0 saturated carbocycles. The van der Waals surface area contributed by atoms with Crippen molar-refractivity contribution >= 4 is 58.2 Å². The first-order valence-electron chi connectivity index (χ1n) is 9.78. The average Bonchev–Trinajstić information content (AvgIpc) is 3.05. The van der Waals surface area contributed by atoms with E-state index in [-0.39, 0.29) is 16.4 Å². The predicted molar refractivity (Wildman–Crippen MR) is 130 cm³/mol. The molecule has 1 aliphatic heterocycles.